The zero-order chi connectivity index (χ0) is 12.6. The molecule has 0 aromatic carbocycles. The maximum Gasteiger partial charge on any atom is 0.407 e. The van der Waals surface area contributed by atoms with E-state index in [9.17, 15) is 14.7 Å². The predicted octanol–water partition coefficient (Wildman–Crippen LogP) is -0.287. The maximum atomic E-state index is 12.1. The van der Waals surface area contributed by atoms with Crippen molar-refractivity contribution in [2.24, 2.45) is 5.92 Å². The number of carbonyl (C=O) groups excluding carboxylic acids is 2. The molecule has 2 rings (SSSR count). The third kappa shape index (κ3) is 1.97. The fourth-order valence-corrected chi connectivity index (χ4v) is 2.63. The van der Waals surface area contributed by atoms with Gasteiger partial charge in [0.1, 0.15) is 6.10 Å². The van der Waals surface area contributed by atoms with Crippen LogP contribution in [0.2, 0.25) is 0 Å². The first-order valence-corrected chi connectivity index (χ1v) is 6.02. The molecule has 0 aromatic rings. The Morgan fingerprint density at radius 1 is 1.53 bits per heavy atom. The van der Waals surface area contributed by atoms with E-state index in [2.05, 4.69) is 5.32 Å². The van der Waals surface area contributed by atoms with E-state index in [0.717, 1.165) is 0 Å². The Kier molecular flexibility index (Phi) is 3.24. The second-order valence-corrected chi connectivity index (χ2v) is 4.46. The van der Waals surface area contributed by atoms with Crippen molar-refractivity contribution in [3.05, 3.63) is 0 Å². The van der Waals surface area contributed by atoms with Gasteiger partial charge in [-0.1, -0.05) is 0 Å². The number of amides is 2. The van der Waals surface area contributed by atoms with E-state index in [1.54, 1.807) is 4.90 Å². The fourth-order valence-electron chi connectivity index (χ4n) is 2.63. The quantitative estimate of drug-likeness (QED) is 0.713. The number of fused-ring (bicyclic) bond motifs is 1. The normalized spacial score (nSPS) is 35.1. The molecule has 17 heavy (non-hydrogen) atoms. The van der Waals surface area contributed by atoms with E-state index in [1.807, 2.05) is 13.8 Å². The highest BCUT2D eigenvalue weighted by Gasteiger charge is 2.52. The number of nitrogens with one attached hydrogen (secondary N) is 1. The summed E-state index contributed by atoms with van der Waals surface area (Å²) < 4.78 is 4.95. The number of hydrogen-bond acceptors (Lipinski definition) is 4. The van der Waals surface area contributed by atoms with Gasteiger partial charge in [-0.25, -0.2) is 4.79 Å². The van der Waals surface area contributed by atoms with Crippen LogP contribution in [0.1, 0.15) is 20.3 Å². The van der Waals surface area contributed by atoms with Gasteiger partial charge >= 0.3 is 6.09 Å². The highest BCUT2D eigenvalue weighted by atomic mass is 16.6. The third-order valence-electron chi connectivity index (χ3n) is 3.59. The molecule has 2 fully saturated rings. The molecule has 0 spiro atoms. The van der Waals surface area contributed by atoms with Crippen molar-refractivity contribution >= 4 is 12.0 Å². The molecule has 1 saturated heterocycles. The monoisotopic (exact) mass is 242 g/mol. The summed E-state index contributed by atoms with van der Waals surface area (Å²) in [7, 11) is 0. The molecule has 2 aliphatic rings. The topological polar surface area (TPSA) is 78.9 Å². The van der Waals surface area contributed by atoms with Gasteiger partial charge in [-0.05, 0) is 20.3 Å². The number of ether oxygens (including phenoxy) is 1. The lowest BCUT2D eigenvalue weighted by atomic mass is 10.0. The molecule has 1 aliphatic heterocycles. The SMILES string of the molecule is CCN(CC)C(=O)[C@@H]1C[C@@H]2NC(=O)O[C@@H]2[C@H]1O. The predicted molar refractivity (Wildman–Crippen MR) is 59.2 cm³/mol. The number of aliphatic hydroxyl groups is 1. The van der Waals surface area contributed by atoms with Gasteiger partial charge < -0.3 is 20.1 Å². The third-order valence-corrected chi connectivity index (χ3v) is 3.59. The van der Waals surface area contributed by atoms with Crippen molar-refractivity contribution in [1.82, 2.24) is 10.2 Å². The summed E-state index contributed by atoms with van der Waals surface area (Å²) in [6.45, 7) is 5.06. The number of hydrogen-bond donors (Lipinski definition) is 2. The Hall–Kier alpha value is -1.30. The van der Waals surface area contributed by atoms with Crippen LogP contribution in [0, 0.1) is 5.92 Å². The molecular formula is C11H18N2O4. The molecule has 4 atom stereocenters. The number of aliphatic hydroxyl groups excluding tert-OH is 1. The molecular weight excluding hydrogens is 224 g/mol. The number of rotatable bonds is 3. The standard InChI is InChI=1S/C11H18N2O4/c1-3-13(4-2)10(15)6-5-7-9(8(6)14)17-11(16)12-7/h6-9,14H,3-5H2,1-2H3,(H,12,16)/t6-,7+,8+,9+/m1/s1. The minimum absolute atomic E-state index is 0.0604. The number of nitrogens with zero attached hydrogens (tertiary/aromatic N) is 1. The van der Waals surface area contributed by atoms with E-state index in [-0.39, 0.29) is 11.9 Å². The lowest BCUT2D eigenvalue weighted by Gasteiger charge is -2.25. The van der Waals surface area contributed by atoms with E-state index >= 15 is 0 Å². The maximum absolute atomic E-state index is 12.1. The van der Waals surface area contributed by atoms with Crippen molar-refractivity contribution in [2.45, 2.75) is 38.5 Å². The van der Waals surface area contributed by atoms with Crippen LogP contribution in [0.3, 0.4) is 0 Å². The van der Waals surface area contributed by atoms with Crippen LogP contribution in [0.5, 0.6) is 0 Å². The van der Waals surface area contributed by atoms with E-state index in [1.165, 1.54) is 0 Å². The highest BCUT2D eigenvalue weighted by molar-refractivity contribution is 5.81. The zero-order valence-corrected chi connectivity index (χ0v) is 10.0. The van der Waals surface area contributed by atoms with Crippen molar-refractivity contribution in [2.75, 3.05) is 13.1 Å². The van der Waals surface area contributed by atoms with Crippen LogP contribution in [0.15, 0.2) is 0 Å². The molecule has 0 unspecified atom stereocenters. The second-order valence-electron chi connectivity index (χ2n) is 4.46. The summed E-state index contributed by atoms with van der Waals surface area (Å²) in [5.74, 6) is -0.528. The van der Waals surface area contributed by atoms with Crippen molar-refractivity contribution in [3.63, 3.8) is 0 Å². The first-order chi connectivity index (χ1) is 8.08. The minimum atomic E-state index is -0.896. The lowest BCUT2D eigenvalue weighted by Crippen LogP contribution is -2.41. The van der Waals surface area contributed by atoms with Crippen molar-refractivity contribution in [3.8, 4) is 0 Å². The number of alkyl carbamates (subject to hydrolysis) is 1. The Labute approximate surface area is 99.9 Å². The summed E-state index contributed by atoms with van der Waals surface area (Å²) in [5.41, 5.74) is 0. The zero-order valence-electron chi connectivity index (χ0n) is 10.0. The molecule has 1 heterocycles. The smallest absolute Gasteiger partial charge is 0.407 e. The van der Waals surface area contributed by atoms with Gasteiger partial charge in [-0.3, -0.25) is 4.79 Å². The molecule has 1 aliphatic carbocycles. The summed E-state index contributed by atoms with van der Waals surface area (Å²) in [6.07, 6.45) is -1.53. The first-order valence-electron chi connectivity index (χ1n) is 6.02. The van der Waals surface area contributed by atoms with Gasteiger partial charge in [0.2, 0.25) is 5.91 Å². The summed E-state index contributed by atoms with van der Waals surface area (Å²) in [4.78, 5) is 24.8. The first kappa shape index (κ1) is 12.2. The molecule has 6 heteroatoms. The van der Waals surface area contributed by atoms with Gasteiger partial charge in [-0.2, -0.15) is 0 Å². The molecule has 2 N–H and O–H groups in total. The molecule has 96 valence electrons. The van der Waals surface area contributed by atoms with E-state index < -0.39 is 24.2 Å². The summed E-state index contributed by atoms with van der Waals surface area (Å²) >= 11 is 0. The van der Waals surface area contributed by atoms with E-state index in [4.69, 9.17) is 4.74 Å². The lowest BCUT2D eigenvalue weighted by molar-refractivity contribution is -0.139. The fraction of sp³-hybridized carbons (Fsp3) is 0.818. The van der Waals surface area contributed by atoms with Gasteiger partial charge in [0, 0.05) is 13.1 Å². The highest BCUT2D eigenvalue weighted by Crippen LogP contribution is 2.33. The van der Waals surface area contributed by atoms with Gasteiger partial charge in [0.05, 0.1) is 12.0 Å². The van der Waals surface area contributed by atoms with Crippen LogP contribution in [0.4, 0.5) is 4.79 Å². The van der Waals surface area contributed by atoms with Gasteiger partial charge in [-0.15, -0.1) is 0 Å². The van der Waals surface area contributed by atoms with Crippen LogP contribution in [-0.4, -0.2) is 53.3 Å². The molecule has 1 saturated carbocycles. The van der Waals surface area contributed by atoms with Crippen LogP contribution >= 0.6 is 0 Å². The number of carbonyl (C=O) groups is 2. The molecule has 0 aromatic heterocycles. The molecule has 0 radical (unpaired) electrons. The summed E-state index contributed by atoms with van der Waals surface area (Å²) in [5, 5.41) is 12.6. The Morgan fingerprint density at radius 3 is 2.71 bits per heavy atom. The summed E-state index contributed by atoms with van der Waals surface area (Å²) in [6, 6.07) is -0.234. The average molecular weight is 242 g/mol. The Bertz CT molecular complexity index is 329. The van der Waals surface area contributed by atoms with Crippen molar-refractivity contribution in [1.29, 1.82) is 0 Å². The Balaban J connectivity index is 2.05. The minimum Gasteiger partial charge on any atom is -0.441 e. The van der Waals surface area contributed by atoms with Crippen LogP contribution in [0.25, 0.3) is 0 Å². The van der Waals surface area contributed by atoms with Crippen molar-refractivity contribution < 1.29 is 19.4 Å². The van der Waals surface area contributed by atoms with Gasteiger partial charge in [0.25, 0.3) is 0 Å². The molecule has 2 amide bonds. The largest absolute Gasteiger partial charge is 0.441 e. The molecule has 6 nitrogen and oxygen atoms in total. The molecule has 0 bridgehead atoms. The van der Waals surface area contributed by atoms with Crippen LogP contribution in [-0.2, 0) is 9.53 Å². The van der Waals surface area contributed by atoms with Gasteiger partial charge in [0.15, 0.2) is 6.10 Å². The average Bonchev–Trinajstić information content (AvgIpc) is 2.79. The van der Waals surface area contributed by atoms with E-state index in [0.29, 0.717) is 19.5 Å². The second kappa shape index (κ2) is 4.52. The Morgan fingerprint density at radius 2 is 2.18 bits per heavy atom. The van der Waals surface area contributed by atoms with Crippen LogP contribution < -0.4 is 5.32 Å².